The first-order chi connectivity index (χ1) is 9.13. The van der Waals surface area contributed by atoms with E-state index >= 15 is 0 Å². The van der Waals surface area contributed by atoms with Crippen LogP contribution in [0.1, 0.15) is 35.7 Å². The predicted molar refractivity (Wildman–Crippen MR) is 74.8 cm³/mol. The zero-order valence-electron chi connectivity index (χ0n) is 11.4. The predicted octanol–water partition coefficient (Wildman–Crippen LogP) is 1.69. The average molecular weight is 262 g/mol. The number of carbonyl (C=O) groups is 1. The minimum atomic E-state index is -0.0250. The highest BCUT2D eigenvalue weighted by atomic mass is 16.5. The summed E-state index contributed by atoms with van der Waals surface area (Å²) in [7, 11) is 0. The molecular formula is C15H22N2O2. The zero-order chi connectivity index (χ0) is 13.7. The van der Waals surface area contributed by atoms with Gasteiger partial charge in [-0.1, -0.05) is 19.1 Å². The Hall–Kier alpha value is -1.39. The molecule has 1 aliphatic rings. The number of hydrogen-bond donors (Lipinski definition) is 2. The van der Waals surface area contributed by atoms with E-state index < -0.39 is 0 Å². The van der Waals surface area contributed by atoms with Crippen LogP contribution in [0.5, 0.6) is 0 Å². The topological polar surface area (TPSA) is 64.4 Å². The van der Waals surface area contributed by atoms with E-state index in [0.717, 1.165) is 31.6 Å². The maximum Gasteiger partial charge on any atom is 0.251 e. The molecule has 1 heterocycles. The first-order valence-electron chi connectivity index (χ1n) is 6.78. The standard InChI is InChI=1S/C15H22N2O2/c1-15(5-7-19-8-6-15)11-17-14(18)13-4-2-3-12(9-13)10-16/h2-4,9H,5-8,10-11,16H2,1H3,(H,17,18). The summed E-state index contributed by atoms with van der Waals surface area (Å²) >= 11 is 0. The fraction of sp³-hybridized carbons (Fsp3) is 0.533. The van der Waals surface area contributed by atoms with Crippen LogP contribution in [0.2, 0.25) is 0 Å². The highest BCUT2D eigenvalue weighted by molar-refractivity contribution is 5.94. The van der Waals surface area contributed by atoms with Crippen molar-refractivity contribution in [1.82, 2.24) is 5.32 Å². The van der Waals surface area contributed by atoms with Crippen molar-refractivity contribution in [3.8, 4) is 0 Å². The van der Waals surface area contributed by atoms with Crippen LogP contribution < -0.4 is 11.1 Å². The molecule has 0 unspecified atom stereocenters. The molecule has 0 aliphatic carbocycles. The molecule has 0 aromatic heterocycles. The molecule has 1 fully saturated rings. The van der Waals surface area contributed by atoms with Gasteiger partial charge in [0.1, 0.15) is 0 Å². The van der Waals surface area contributed by atoms with E-state index in [1.54, 1.807) is 0 Å². The number of carbonyl (C=O) groups excluding carboxylic acids is 1. The van der Waals surface area contributed by atoms with Crippen LogP contribution in [-0.2, 0) is 11.3 Å². The maximum absolute atomic E-state index is 12.1. The van der Waals surface area contributed by atoms with Crippen LogP contribution in [0.25, 0.3) is 0 Å². The molecule has 1 amide bonds. The molecule has 1 aromatic rings. The normalized spacial score (nSPS) is 18.0. The lowest BCUT2D eigenvalue weighted by Crippen LogP contribution is -2.39. The van der Waals surface area contributed by atoms with Crippen LogP contribution in [-0.4, -0.2) is 25.7 Å². The smallest absolute Gasteiger partial charge is 0.251 e. The summed E-state index contributed by atoms with van der Waals surface area (Å²) in [5, 5.41) is 3.03. The molecule has 0 bridgehead atoms. The second-order valence-corrected chi connectivity index (χ2v) is 5.51. The van der Waals surface area contributed by atoms with Gasteiger partial charge < -0.3 is 15.8 Å². The van der Waals surface area contributed by atoms with Gasteiger partial charge in [0.05, 0.1) is 0 Å². The van der Waals surface area contributed by atoms with Crippen molar-refractivity contribution in [3.63, 3.8) is 0 Å². The SMILES string of the molecule is CC1(CNC(=O)c2cccc(CN)c2)CCOCC1. The van der Waals surface area contributed by atoms with E-state index in [1.807, 2.05) is 24.3 Å². The van der Waals surface area contributed by atoms with Crippen LogP contribution in [0.3, 0.4) is 0 Å². The van der Waals surface area contributed by atoms with Crippen LogP contribution in [0, 0.1) is 5.41 Å². The summed E-state index contributed by atoms with van der Waals surface area (Å²) in [4.78, 5) is 12.1. The summed E-state index contributed by atoms with van der Waals surface area (Å²) < 4.78 is 5.36. The zero-order valence-corrected chi connectivity index (χ0v) is 11.4. The fourth-order valence-electron chi connectivity index (χ4n) is 2.28. The second kappa shape index (κ2) is 6.17. The Morgan fingerprint density at radius 2 is 2.16 bits per heavy atom. The third-order valence-electron chi connectivity index (χ3n) is 3.80. The van der Waals surface area contributed by atoms with Crippen LogP contribution in [0.15, 0.2) is 24.3 Å². The minimum Gasteiger partial charge on any atom is -0.381 e. The third kappa shape index (κ3) is 3.78. The molecule has 3 N–H and O–H groups in total. The van der Waals surface area contributed by atoms with Crippen molar-refractivity contribution in [2.45, 2.75) is 26.3 Å². The first-order valence-corrected chi connectivity index (χ1v) is 6.78. The summed E-state index contributed by atoms with van der Waals surface area (Å²) in [6.45, 7) is 4.92. The van der Waals surface area contributed by atoms with Crippen LogP contribution >= 0.6 is 0 Å². The van der Waals surface area contributed by atoms with Crippen molar-refractivity contribution >= 4 is 5.91 Å². The summed E-state index contributed by atoms with van der Waals surface area (Å²) in [6, 6.07) is 7.46. The molecule has 0 saturated carbocycles. The third-order valence-corrected chi connectivity index (χ3v) is 3.80. The molecule has 1 aliphatic heterocycles. The number of benzene rings is 1. The number of hydrogen-bond acceptors (Lipinski definition) is 3. The summed E-state index contributed by atoms with van der Waals surface area (Å²) in [5.41, 5.74) is 7.39. The number of amides is 1. The monoisotopic (exact) mass is 262 g/mol. The molecule has 4 nitrogen and oxygen atoms in total. The molecule has 1 saturated heterocycles. The Bertz CT molecular complexity index is 440. The van der Waals surface area contributed by atoms with Gasteiger partial charge in [-0.2, -0.15) is 0 Å². The van der Waals surface area contributed by atoms with Gasteiger partial charge in [-0.25, -0.2) is 0 Å². The Morgan fingerprint density at radius 1 is 1.42 bits per heavy atom. The molecule has 0 spiro atoms. The van der Waals surface area contributed by atoms with Crippen LogP contribution in [0.4, 0.5) is 0 Å². The van der Waals surface area contributed by atoms with E-state index in [1.165, 1.54) is 0 Å². The lowest BCUT2D eigenvalue weighted by molar-refractivity contribution is 0.0238. The van der Waals surface area contributed by atoms with Gasteiger partial charge in [0.15, 0.2) is 0 Å². The van der Waals surface area contributed by atoms with Crippen molar-refractivity contribution in [1.29, 1.82) is 0 Å². The Kier molecular flexibility index (Phi) is 4.56. The molecule has 104 valence electrons. The molecular weight excluding hydrogens is 240 g/mol. The molecule has 4 heteroatoms. The highest BCUT2D eigenvalue weighted by Gasteiger charge is 2.27. The van der Waals surface area contributed by atoms with Gasteiger partial charge in [0, 0.05) is 31.9 Å². The van der Waals surface area contributed by atoms with Crippen molar-refractivity contribution < 1.29 is 9.53 Å². The quantitative estimate of drug-likeness (QED) is 0.868. The minimum absolute atomic E-state index is 0.0250. The Labute approximate surface area is 114 Å². The average Bonchev–Trinajstić information content (AvgIpc) is 2.46. The molecule has 19 heavy (non-hydrogen) atoms. The summed E-state index contributed by atoms with van der Waals surface area (Å²) in [6.07, 6.45) is 1.99. The van der Waals surface area contributed by atoms with E-state index in [2.05, 4.69) is 12.2 Å². The van der Waals surface area contributed by atoms with E-state index in [4.69, 9.17) is 10.5 Å². The van der Waals surface area contributed by atoms with Crippen molar-refractivity contribution in [2.75, 3.05) is 19.8 Å². The fourth-order valence-corrected chi connectivity index (χ4v) is 2.28. The van der Waals surface area contributed by atoms with E-state index in [-0.39, 0.29) is 11.3 Å². The summed E-state index contributed by atoms with van der Waals surface area (Å²) in [5.74, 6) is -0.0250. The van der Waals surface area contributed by atoms with E-state index in [9.17, 15) is 4.79 Å². The molecule has 0 radical (unpaired) electrons. The van der Waals surface area contributed by atoms with Crippen molar-refractivity contribution in [2.24, 2.45) is 11.1 Å². The number of nitrogens with two attached hydrogens (primary N) is 1. The van der Waals surface area contributed by atoms with Gasteiger partial charge >= 0.3 is 0 Å². The van der Waals surface area contributed by atoms with E-state index in [0.29, 0.717) is 18.7 Å². The highest BCUT2D eigenvalue weighted by Crippen LogP contribution is 2.28. The Morgan fingerprint density at radius 3 is 2.84 bits per heavy atom. The maximum atomic E-state index is 12.1. The lowest BCUT2D eigenvalue weighted by atomic mass is 9.82. The second-order valence-electron chi connectivity index (χ2n) is 5.51. The van der Waals surface area contributed by atoms with Gasteiger partial charge in [-0.3, -0.25) is 4.79 Å². The van der Waals surface area contributed by atoms with Gasteiger partial charge in [0.2, 0.25) is 0 Å². The van der Waals surface area contributed by atoms with Crippen molar-refractivity contribution in [3.05, 3.63) is 35.4 Å². The van der Waals surface area contributed by atoms with Gasteiger partial charge in [0.25, 0.3) is 5.91 Å². The first kappa shape index (κ1) is 14.0. The molecule has 1 aromatic carbocycles. The lowest BCUT2D eigenvalue weighted by Gasteiger charge is -2.33. The largest absolute Gasteiger partial charge is 0.381 e. The molecule has 2 rings (SSSR count). The van der Waals surface area contributed by atoms with Gasteiger partial charge in [-0.05, 0) is 36.0 Å². The number of rotatable bonds is 4. The Balaban J connectivity index is 1.93. The number of ether oxygens (including phenoxy) is 1. The molecule has 0 atom stereocenters. The van der Waals surface area contributed by atoms with Gasteiger partial charge in [-0.15, -0.1) is 0 Å². The number of nitrogens with one attached hydrogen (secondary N) is 1.